The number of carbonyl (C=O) groups excluding carboxylic acids is 1. The minimum atomic E-state index is -0.159. The fourth-order valence-corrected chi connectivity index (χ4v) is 1.22. The van der Waals surface area contributed by atoms with Gasteiger partial charge in [0.25, 0.3) is 0 Å². The van der Waals surface area contributed by atoms with Gasteiger partial charge in [-0.3, -0.25) is 4.79 Å². The van der Waals surface area contributed by atoms with Crippen LogP contribution in [0.15, 0.2) is 51.8 Å². The van der Waals surface area contributed by atoms with Gasteiger partial charge in [-0.1, -0.05) is 30.4 Å². The van der Waals surface area contributed by atoms with Crippen LogP contribution in [-0.2, 0) is 0 Å². The summed E-state index contributed by atoms with van der Waals surface area (Å²) in [7, 11) is 0. The molecular weight excluding hydrogens is 220 g/mol. The molecular formula is C13H14O2S. The van der Waals surface area contributed by atoms with Gasteiger partial charge in [0.05, 0.1) is 0 Å². The molecule has 1 aromatic heterocycles. The maximum atomic E-state index is 11.6. The Balaban J connectivity index is 2.65. The zero-order chi connectivity index (χ0) is 12.0. The van der Waals surface area contributed by atoms with Gasteiger partial charge in [0, 0.05) is 11.0 Å². The molecule has 0 aliphatic heterocycles. The highest BCUT2D eigenvalue weighted by molar-refractivity contribution is 7.80. The average molecular weight is 234 g/mol. The predicted molar refractivity (Wildman–Crippen MR) is 68.1 cm³/mol. The summed E-state index contributed by atoms with van der Waals surface area (Å²) in [6.07, 6.45) is 10.6. The Kier molecular flexibility index (Phi) is 4.86. The largest absolute Gasteiger partial charge is 0.457 e. The van der Waals surface area contributed by atoms with E-state index in [0.717, 1.165) is 0 Å². The number of carbonyl (C=O) groups is 1. The van der Waals surface area contributed by atoms with Crippen LogP contribution >= 0.6 is 12.6 Å². The Labute approximate surface area is 101 Å². The first-order chi connectivity index (χ1) is 7.65. The molecule has 1 aromatic rings. The maximum absolute atomic E-state index is 11.6. The Hall–Kier alpha value is -1.48. The first kappa shape index (κ1) is 12.6. The highest BCUT2D eigenvalue weighted by Crippen LogP contribution is 2.18. The van der Waals surface area contributed by atoms with Gasteiger partial charge in [0.2, 0.25) is 5.78 Å². The molecule has 16 heavy (non-hydrogen) atoms. The predicted octanol–water partition coefficient (Wildman–Crippen LogP) is 3.75. The first-order valence-corrected chi connectivity index (χ1v) is 5.39. The van der Waals surface area contributed by atoms with Gasteiger partial charge in [-0.2, -0.15) is 0 Å². The Morgan fingerprint density at radius 2 is 2.00 bits per heavy atom. The number of furan rings is 1. The molecule has 0 fully saturated rings. The van der Waals surface area contributed by atoms with E-state index in [2.05, 4.69) is 12.6 Å². The molecule has 0 aromatic carbocycles. The molecule has 84 valence electrons. The summed E-state index contributed by atoms with van der Waals surface area (Å²) in [5.41, 5.74) is 0. The number of ketones is 1. The lowest BCUT2D eigenvalue weighted by Gasteiger charge is -1.86. The molecule has 0 amide bonds. The summed E-state index contributed by atoms with van der Waals surface area (Å²) in [6.45, 7) is 3.70. The van der Waals surface area contributed by atoms with E-state index in [9.17, 15) is 4.79 Å². The third-order valence-corrected chi connectivity index (χ3v) is 2.35. The van der Waals surface area contributed by atoms with Gasteiger partial charge in [0.1, 0.15) is 5.76 Å². The van der Waals surface area contributed by atoms with Crippen molar-refractivity contribution in [2.75, 3.05) is 0 Å². The number of thiol groups is 1. The second-order valence-corrected chi connectivity index (χ2v) is 3.67. The molecule has 0 unspecified atom stereocenters. The zero-order valence-corrected chi connectivity index (χ0v) is 10.2. The summed E-state index contributed by atoms with van der Waals surface area (Å²) in [4.78, 5) is 12.3. The van der Waals surface area contributed by atoms with Gasteiger partial charge in [-0.25, -0.2) is 0 Å². The highest BCUT2D eigenvalue weighted by atomic mass is 32.1. The van der Waals surface area contributed by atoms with Crippen LogP contribution in [0.3, 0.4) is 0 Å². The van der Waals surface area contributed by atoms with E-state index in [4.69, 9.17) is 4.42 Å². The molecule has 0 atom stereocenters. The van der Waals surface area contributed by atoms with Gasteiger partial charge in [-0.15, -0.1) is 12.6 Å². The molecule has 1 rings (SSSR count). The van der Waals surface area contributed by atoms with Crippen molar-refractivity contribution in [1.29, 1.82) is 0 Å². The molecule has 2 nitrogen and oxygen atoms in total. The molecule has 0 aliphatic rings. The SMILES string of the molecule is C/C=C/C=C/C=C/C(=O)c1cc(S)c(C)o1. The van der Waals surface area contributed by atoms with E-state index < -0.39 is 0 Å². The summed E-state index contributed by atoms with van der Waals surface area (Å²) in [5.74, 6) is 0.816. The van der Waals surface area contributed by atoms with E-state index in [1.165, 1.54) is 6.08 Å². The average Bonchev–Trinajstić information content (AvgIpc) is 2.59. The molecule has 0 N–H and O–H groups in total. The van der Waals surface area contributed by atoms with E-state index in [1.807, 2.05) is 25.2 Å². The number of rotatable bonds is 4. The van der Waals surface area contributed by atoms with Crippen LogP contribution in [-0.4, -0.2) is 5.78 Å². The van der Waals surface area contributed by atoms with Gasteiger partial charge < -0.3 is 4.42 Å². The van der Waals surface area contributed by atoms with Crippen LogP contribution in [0.5, 0.6) is 0 Å². The summed E-state index contributed by atoms with van der Waals surface area (Å²) >= 11 is 4.16. The van der Waals surface area contributed by atoms with Gasteiger partial charge in [-0.05, 0) is 19.9 Å². The first-order valence-electron chi connectivity index (χ1n) is 4.95. The smallest absolute Gasteiger partial charge is 0.221 e. The molecule has 0 saturated heterocycles. The van der Waals surface area contributed by atoms with E-state index in [1.54, 1.807) is 25.1 Å². The van der Waals surface area contributed by atoms with Crippen LogP contribution < -0.4 is 0 Å². The summed E-state index contributed by atoms with van der Waals surface area (Å²) in [6, 6.07) is 1.63. The fraction of sp³-hybridized carbons (Fsp3) is 0.154. The maximum Gasteiger partial charge on any atom is 0.221 e. The lowest BCUT2D eigenvalue weighted by molar-refractivity contribution is 0.102. The van der Waals surface area contributed by atoms with Crippen LogP contribution in [0.4, 0.5) is 0 Å². The second kappa shape index (κ2) is 6.18. The van der Waals surface area contributed by atoms with Crippen molar-refractivity contribution in [2.45, 2.75) is 18.7 Å². The van der Waals surface area contributed by atoms with Crippen molar-refractivity contribution in [3.63, 3.8) is 0 Å². The molecule has 0 bridgehead atoms. The second-order valence-electron chi connectivity index (χ2n) is 3.19. The monoisotopic (exact) mass is 234 g/mol. The van der Waals surface area contributed by atoms with Gasteiger partial charge in [0.15, 0.2) is 5.76 Å². The Morgan fingerprint density at radius 3 is 2.56 bits per heavy atom. The molecule has 3 heteroatoms. The minimum absolute atomic E-state index is 0.159. The topological polar surface area (TPSA) is 30.2 Å². The number of allylic oxidation sites excluding steroid dienone is 6. The highest BCUT2D eigenvalue weighted by Gasteiger charge is 2.09. The van der Waals surface area contributed by atoms with Crippen LogP contribution in [0.2, 0.25) is 0 Å². The van der Waals surface area contributed by atoms with E-state index in [0.29, 0.717) is 16.4 Å². The van der Waals surface area contributed by atoms with Crippen molar-refractivity contribution < 1.29 is 9.21 Å². The normalized spacial score (nSPS) is 12.2. The molecule has 0 spiro atoms. The van der Waals surface area contributed by atoms with Crippen LogP contribution in [0, 0.1) is 6.92 Å². The molecule has 1 heterocycles. The number of hydrogen-bond acceptors (Lipinski definition) is 3. The van der Waals surface area contributed by atoms with Crippen molar-refractivity contribution in [1.82, 2.24) is 0 Å². The fourth-order valence-electron chi connectivity index (χ4n) is 1.06. The third-order valence-electron chi connectivity index (χ3n) is 1.91. The lowest BCUT2D eigenvalue weighted by Crippen LogP contribution is -1.89. The quantitative estimate of drug-likeness (QED) is 0.372. The Bertz CT molecular complexity index is 431. The molecule has 0 radical (unpaired) electrons. The summed E-state index contributed by atoms with van der Waals surface area (Å²) in [5, 5.41) is 0. The van der Waals surface area contributed by atoms with E-state index >= 15 is 0 Å². The van der Waals surface area contributed by atoms with Crippen molar-refractivity contribution in [3.05, 3.63) is 54.0 Å². The van der Waals surface area contributed by atoms with Crippen LogP contribution in [0.1, 0.15) is 23.2 Å². The van der Waals surface area contributed by atoms with Gasteiger partial charge >= 0.3 is 0 Å². The Morgan fingerprint density at radius 1 is 1.31 bits per heavy atom. The standard InChI is InChI=1S/C13H14O2S/c1-3-4-5-6-7-8-11(14)12-9-13(16)10(2)15-12/h3-9,16H,1-2H3/b4-3+,6-5+,8-7+. The summed E-state index contributed by atoms with van der Waals surface area (Å²) < 4.78 is 5.24. The minimum Gasteiger partial charge on any atom is -0.457 e. The number of hydrogen-bond donors (Lipinski definition) is 1. The van der Waals surface area contributed by atoms with Crippen LogP contribution in [0.25, 0.3) is 0 Å². The number of aryl methyl sites for hydroxylation is 1. The zero-order valence-electron chi connectivity index (χ0n) is 9.31. The van der Waals surface area contributed by atoms with Crippen molar-refractivity contribution >= 4 is 18.4 Å². The van der Waals surface area contributed by atoms with E-state index in [-0.39, 0.29) is 5.78 Å². The van der Waals surface area contributed by atoms with Crippen molar-refractivity contribution in [3.8, 4) is 0 Å². The molecule has 0 aliphatic carbocycles. The van der Waals surface area contributed by atoms with Crippen molar-refractivity contribution in [2.24, 2.45) is 0 Å². The third kappa shape index (κ3) is 3.59. The lowest BCUT2D eigenvalue weighted by atomic mass is 10.2. The molecule has 0 saturated carbocycles.